The Labute approximate surface area is 109 Å². The van der Waals surface area contributed by atoms with Crippen LogP contribution in [-0.4, -0.2) is 30.9 Å². The summed E-state index contributed by atoms with van der Waals surface area (Å²) in [5.74, 6) is 0.777. The van der Waals surface area contributed by atoms with Crippen LogP contribution in [-0.2, 0) is 0 Å². The molecule has 0 aromatic heterocycles. The maximum absolute atomic E-state index is 9.10. The summed E-state index contributed by atoms with van der Waals surface area (Å²) in [5, 5.41) is 9.10. The van der Waals surface area contributed by atoms with Crippen LogP contribution in [0.5, 0.6) is 5.75 Å². The fourth-order valence-corrected chi connectivity index (χ4v) is 1.89. The number of nitrogen functional groups attached to an aromatic ring is 1. The van der Waals surface area contributed by atoms with Crippen molar-refractivity contribution >= 4 is 11.4 Å². The van der Waals surface area contributed by atoms with Gasteiger partial charge in [0.15, 0.2) is 0 Å². The summed E-state index contributed by atoms with van der Waals surface area (Å²) in [6.07, 6.45) is 1.15. The highest BCUT2D eigenvalue weighted by Crippen LogP contribution is 2.26. The summed E-state index contributed by atoms with van der Waals surface area (Å²) in [5.41, 5.74) is 7.58. The van der Waals surface area contributed by atoms with Crippen molar-refractivity contribution in [3.63, 3.8) is 0 Å². The molecule has 0 aliphatic carbocycles. The maximum atomic E-state index is 9.10. The molecule has 0 saturated heterocycles. The van der Waals surface area contributed by atoms with Crippen molar-refractivity contribution in [3.8, 4) is 5.75 Å². The summed E-state index contributed by atoms with van der Waals surface area (Å²) in [6, 6.07) is 5.72. The highest BCUT2D eigenvalue weighted by atomic mass is 16.5. The summed E-state index contributed by atoms with van der Waals surface area (Å²) >= 11 is 0. The topological polar surface area (TPSA) is 58.7 Å². The van der Waals surface area contributed by atoms with Crippen molar-refractivity contribution in [2.24, 2.45) is 0 Å². The molecule has 4 nitrogen and oxygen atoms in total. The first-order valence-corrected chi connectivity index (χ1v) is 6.49. The molecule has 3 N–H and O–H groups in total. The Hall–Kier alpha value is -1.42. The molecule has 102 valence electrons. The Kier molecular flexibility index (Phi) is 5.78. The Morgan fingerprint density at radius 3 is 2.56 bits per heavy atom. The Morgan fingerprint density at radius 1 is 1.28 bits per heavy atom. The Morgan fingerprint density at radius 2 is 2.00 bits per heavy atom. The third-order valence-corrected chi connectivity index (χ3v) is 2.51. The second-order valence-corrected chi connectivity index (χ2v) is 4.64. The van der Waals surface area contributed by atoms with Crippen molar-refractivity contribution in [2.45, 2.75) is 33.3 Å². The van der Waals surface area contributed by atoms with Crippen molar-refractivity contribution in [2.75, 3.05) is 30.3 Å². The van der Waals surface area contributed by atoms with Gasteiger partial charge in [-0.15, -0.1) is 0 Å². The Balaban J connectivity index is 2.94. The van der Waals surface area contributed by atoms with Crippen molar-refractivity contribution in [3.05, 3.63) is 18.2 Å². The van der Waals surface area contributed by atoms with Gasteiger partial charge in [-0.25, -0.2) is 0 Å². The van der Waals surface area contributed by atoms with Crippen LogP contribution < -0.4 is 15.4 Å². The number of rotatable bonds is 7. The molecule has 4 heteroatoms. The smallest absolute Gasteiger partial charge is 0.123 e. The van der Waals surface area contributed by atoms with E-state index in [1.165, 1.54) is 0 Å². The number of nitrogens with zero attached hydrogens (tertiary/aromatic N) is 1. The van der Waals surface area contributed by atoms with Crippen molar-refractivity contribution < 1.29 is 9.84 Å². The standard InChI is InChI=1S/C14H24N2O2/c1-4-5-16(6-7-17)13-8-12(15)9-14(10-13)18-11(2)3/h8-11,17H,4-7,15H2,1-3H3. The minimum absolute atomic E-state index is 0.122. The van der Waals surface area contributed by atoms with Gasteiger partial charge in [0, 0.05) is 36.6 Å². The average molecular weight is 252 g/mol. The molecule has 0 amide bonds. The van der Waals surface area contributed by atoms with Gasteiger partial charge in [0.25, 0.3) is 0 Å². The van der Waals surface area contributed by atoms with E-state index in [1.54, 1.807) is 0 Å². The molecule has 0 aliphatic heterocycles. The van der Waals surface area contributed by atoms with Gasteiger partial charge >= 0.3 is 0 Å². The third-order valence-electron chi connectivity index (χ3n) is 2.51. The number of benzene rings is 1. The first kappa shape index (κ1) is 14.6. The molecular formula is C14H24N2O2. The zero-order chi connectivity index (χ0) is 13.5. The quantitative estimate of drug-likeness (QED) is 0.731. The van der Waals surface area contributed by atoms with Crippen molar-refractivity contribution in [1.82, 2.24) is 0 Å². The first-order chi connectivity index (χ1) is 8.56. The van der Waals surface area contributed by atoms with Crippen LogP contribution in [0.4, 0.5) is 11.4 Å². The highest BCUT2D eigenvalue weighted by Gasteiger charge is 2.08. The number of aliphatic hydroxyl groups excluding tert-OH is 1. The molecule has 0 spiro atoms. The Bertz CT molecular complexity index is 361. The second-order valence-electron chi connectivity index (χ2n) is 4.64. The fraction of sp³-hybridized carbons (Fsp3) is 0.571. The van der Waals surface area contributed by atoms with Crippen LogP contribution in [0.15, 0.2) is 18.2 Å². The van der Waals surface area contributed by atoms with E-state index in [-0.39, 0.29) is 12.7 Å². The molecular weight excluding hydrogens is 228 g/mol. The largest absolute Gasteiger partial charge is 0.491 e. The molecule has 0 fully saturated rings. The molecule has 18 heavy (non-hydrogen) atoms. The van der Waals surface area contributed by atoms with Gasteiger partial charge in [0.2, 0.25) is 0 Å². The van der Waals surface area contributed by atoms with E-state index in [0.717, 1.165) is 24.4 Å². The average Bonchev–Trinajstić information content (AvgIpc) is 2.27. The minimum atomic E-state index is 0.122. The number of ether oxygens (including phenoxy) is 1. The molecule has 1 aromatic rings. The van der Waals surface area contributed by atoms with E-state index in [2.05, 4.69) is 11.8 Å². The zero-order valence-electron chi connectivity index (χ0n) is 11.5. The fourth-order valence-electron chi connectivity index (χ4n) is 1.89. The molecule has 0 unspecified atom stereocenters. The second kappa shape index (κ2) is 7.11. The summed E-state index contributed by atoms with van der Waals surface area (Å²) in [7, 11) is 0. The van der Waals surface area contributed by atoms with Gasteiger partial charge in [-0.3, -0.25) is 0 Å². The molecule has 0 saturated carbocycles. The highest BCUT2D eigenvalue weighted by molar-refractivity contribution is 5.60. The van der Waals surface area contributed by atoms with E-state index >= 15 is 0 Å². The van der Waals surface area contributed by atoms with Crippen LogP contribution in [0, 0.1) is 0 Å². The monoisotopic (exact) mass is 252 g/mol. The third kappa shape index (κ3) is 4.45. The molecule has 0 heterocycles. The van der Waals surface area contributed by atoms with Gasteiger partial charge in [-0.1, -0.05) is 6.92 Å². The summed E-state index contributed by atoms with van der Waals surface area (Å²) < 4.78 is 5.67. The van der Waals surface area contributed by atoms with Gasteiger partial charge in [-0.2, -0.15) is 0 Å². The van der Waals surface area contributed by atoms with Gasteiger partial charge in [-0.05, 0) is 26.3 Å². The molecule has 0 aliphatic rings. The first-order valence-electron chi connectivity index (χ1n) is 6.49. The van der Waals surface area contributed by atoms with E-state index in [9.17, 15) is 0 Å². The zero-order valence-corrected chi connectivity index (χ0v) is 11.5. The molecule has 0 atom stereocenters. The lowest BCUT2D eigenvalue weighted by Gasteiger charge is -2.24. The number of aliphatic hydroxyl groups is 1. The maximum Gasteiger partial charge on any atom is 0.123 e. The lowest BCUT2D eigenvalue weighted by atomic mass is 10.2. The lowest BCUT2D eigenvalue weighted by molar-refractivity contribution is 0.242. The van der Waals surface area contributed by atoms with E-state index in [1.807, 2.05) is 32.0 Å². The van der Waals surface area contributed by atoms with Gasteiger partial charge in [0.1, 0.15) is 5.75 Å². The normalized spacial score (nSPS) is 10.7. The predicted octanol–water partition coefficient (Wildman–Crippen LogP) is 2.26. The van der Waals surface area contributed by atoms with Crippen LogP contribution in [0.1, 0.15) is 27.2 Å². The predicted molar refractivity (Wildman–Crippen MR) is 76.2 cm³/mol. The van der Waals surface area contributed by atoms with Crippen LogP contribution >= 0.6 is 0 Å². The molecule has 1 aromatic carbocycles. The van der Waals surface area contributed by atoms with Crippen LogP contribution in [0.2, 0.25) is 0 Å². The van der Waals surface area contributed by atoms with Crippen molar-refractivity contribution in [1.29, 1.82) is 0 Å². The summed E-state index contributed by atoms with van der Waals surface area (Å²) in [6.45, 7) is 7.72. The van der Waals surface area contributed by atoms with Gasteiger partial charge in [0.05, 0.1) is 12.7 Å². The van der Waals surface area contributed by atoms with E-state index in [4.69, 9.17) is 15.6 Å². The van der Waals surface area contributed by atoms with E-state index < -0.39 is 0 Å². The number of hydrogen-bond donors (Lipinski definition) is 2. The SMILES string of the molecule is CCCN(CCO)c1cc(N)cc(OC(C)C)c1. The van der Waals surface area contributed by atoms with E-state index in [0.29, 0.717) is 12.2 Å². The number of anilines is 2. The van der Waals surface area contributed by atoms with Crippen LogP contribution in [0.25, 0.3) is 0 Å². The van der Waals surface area contributed by atoms with Crippen LogP contribution in [0.3, 0.4) is 0 Å². The number of nitrogens with two attached hydrogens (primary N) is 1. The lowest BCUT2D eigenvalue weighted by Crippen LogP contribution is -2.27. The molecule has 0 radical (unpaired) electrons. The molecule has 0 bridgehead atoms. The number of hydrogen-bond acceptors (Lipinski definition) is 4. The molecule has 1 rings (SSSR count). The minimum Gasteiger partial charge on any atom is -0.491 e. The van der Waals surface area contributed by atoms with Gasteiger partial charge < -0.3 is 20.5 Å². The summed E-state index contributed by atoms with van der Waals surface area (Å²) in [4.78, 5) is 2.11.